The summed E-state index contributed by atoms with van der Waals surface area (Å²) in [5, 5.41) is 10.2. The van der Waals surface area contributed by atoms with E-state index in [4.69, 9.17) is 4.74 Å². The summed E-state index contributed by atoms with van der Waals surface area (Å²) < 4.78 is 9.06. The molecule has 3 heterocycles. The Morgan fingerprint density at radius 3 is 3.00 bits per heavy atom. The number of nitrogens with zero attached hydrogens (tertiary/aromatic N) is 3. The van der Waals surface area contributed by atoms with Gasteiger partial charge < -0.3 is 15.4 Å². The maximum Gasteiger partial charge on any atom is 0.345 e. The second kappa shape index (κ2) is 7.69. The first-order valence-corrected chi connectivity index (χ1v) is 9.98. The van der Waals surface area contributed by atoms with Crippen molar-refractivity contribution in [1.29, 1.82) is 0 Å². The van der Waals surface area contributed by atoms with Crippen molar-refractivity contribution in [3.8, 4) is 5.75 Å². The third-order valence-electron chi connectivity index (χ3n) is 5.65. The monoisotopic (exact) mass is 385 g/mol. The smallest absolute Gasteiger partial charge is 0.345 e. The molecule has 1 atom stereocenters. The van der Waals surface area contributed by atoms with Gasteiger partial charge in [0.2, 0.25) is 0 Å². The minimum absolute atomic E-state index is 0.0375. The van der Waals surface area contributed by atoms with Crippen molar-refractivity contribution in [3.05, 3.63) is 45.1 Å². The summed E-state index contributed by atoms with van der Waals surface area (Å²) in [6.45, 7) is 6.28. The Balaban J connectivity index is 1.26. The predicted octanol–water partition coefficient (Wildman–Crippen LogP) is 1.82. The second-order valence-electron chi connectivity index (χ2n) is 7.57. The van der Waals surface area contributed by atoms with Crippen LogP contribution in [0, 0.1) is 13.8 Å². The molecule has 0 aliphatic carbocycles. The first kappa shape index (κ1) is 18.6. The van der Waals surface area contributed by atoms with E-state index in [9.17, 15) is 9.59 Å². The van der Waals surface area contributed by atoms with Gasteiger partial charge in [-0.2, -0.15) is 5.10 Å². The number of carbonyl (C=O) groups is 1. The molecule has 2 aromatic rings. The first-order valence-electron chi connectivity index (χ1n) is 9.98. The van der Waals surface area contributed by atoms with Crippen LogP contribution in [0.25, 0.3) is 0 Å². The van der Waals surface area contributed by atoms with Gasteiger partial charge in [-0.25, -0.2) is 14.3 Å². The van der Waals surface area contributed by atoms with Gasteiger partial charge in [0.05, 0.1) is 6.04 Å². The summed E-state index contributed by atoms with van der Waals surface area (Å²) in [6.07, 6.45) is 3.64. The van der Waals surface area contributed by atoms with Gasteiger partial charge in [-0.1, -0.05) is 12.1 Å². The number of amides is 2. The van der Waals surface area contributed by atoms with Gasteiger partial charge in [0.1, 0.15) is 18.2 Å². The Hall–Kier alpha value is -2.77. The number of carbonyl (C=O) groups excluding carboxylic acids is 1. The number of nitrogens with one attached hydrogen (secondary N) is 2. The van der Waals surface area contributed by atoms with Crippen molar-refractivity contribution < 1.29 is 9.53 Å². The minimum atomic E-state index is -0.226. The van der Waals surface area contributed by atoms with Crippen LogP contribution in [-0.2, 0) is 19.5 Å². The van der Waals surface area contributed by atoms with E-state index < -0.39 is 0 Å². The molecule has 0 spiro atoms. The van der Waals surface area contributed by atoms with E-state index in [0.717, 1.165) is 48.5 Å². The van der Waals surface area contributed by atoms with E-state index in [1.165, 1.54) is 10.2 Å². The molecule has 2 amide bonds. The van der Waals surface area contributed by atoms with E-state index in [1.807, 2.05) is 19.9 Å². The highest BCUT2D eigenvalue weighted by Crippen LogP contribution is 2.36. The molecule has 150 valence electrons. The first-order chi connectivity index (χ1) is 13.5. The summed E-state index contributed by atoms with van der Waals surface area (Å²) in [5.74, 6) is 1.76. The van der Waals surface area contributed by atoms with Crippen molar-refractivity contribution in [2.24, 2.45) is 0 Å². The van der Waals surface area contributed by atoms with Crippen molar-refractivity contribution in [1.82, 2.24) is 25.0 Å². The van der Waals surface area contributed by atoms with Crippen LogP contribution in [-0.4, -0.2) is 33.5 Å². The molecule has 1 aromatic heterocycles. The molecule has 8 heteroatoms. The quantitative estimate of drug-likeness (QED) is 0.769. The lowest BCUT2D eigenvalue weighted by Gasteiger charge is -2.13. The highest BCUT2D eigenvalue weighted by atomic mass is 16.5. The molecule has 2 aliphatic heterocycles. The van der Waals surface area contributed by atoms with Gasteiger partial charge in [0.25, 0.3) is 0 Å². The SMILES string of the molecule is Cc1ccc2c(c1C)OCC2NC(=O)NCCCn1nc2n(c1=O)CCCC2. The topological polar surface area (TPSA) is 90.2 Å². The van der Waals surface area contributed by atoms with Crippen LogP contribution < -0.4 is 21.1 Å². The highest BCUT2D eigenvalue weighted by Gasteiger charge is 2.27. The van der Waals surface area contributed by atoms with Gasteiger partial charge in [-0.05, 0) is 44.2 Å². The summed E-state index contributed by atoms with van der Waals surface area (Å²) >= 11 is 0. The number of hydrogen-bond donors (Lipinski definition) is 2. The summed E-state index contributed by atoms with van der Waals surface area (Å²) in [7, 11) is 0. The minimum Gasteiger partial charge on any atom is -0.490 e. The number of aryl methyl sites for hydroxylation is 3. The lowest BCUT2D eigenvalue weighted by molar-refractivity contribution is 0.231. The van der Waals surface area contributed by atoms with Gasteiger partial charge >= 0.3 is 11.7 Å². The average Bonchev–Trinajstić information content (AvgIpc) is 3.24. The molecule has 2 aliphatic rings. The van der Waals surface area contributed by atoms with Crippen LogP contribution in [0.1, 0.15) is 47.8 Å². The molecule has 4 rings (SSSR count). The standard InChI is InChI=1S/C20H27N5O3/c1-13-7-8-15-16(12-28-18(15)14(13)2)22-19(26)21-9-5-11-25-20(27)24-10-4-3-6-17(24)23-25/h7-8,16H,3-6,9-12H2,1-2H3,(H2,21,22,26). The fourth-order valence-electron chi connectivity index (χ4n) is 3.89. The second-order valence-corrected chi connectivity index (χ2v) is 7.57. The fourth-order valence-corrected chi connectivity index (χ4v) is 3.89. The van der Waals surface area contributed by atoms with Crippen LogP contribution in [0.3, 0.4) is 0 Å². The molecular weight excluding hydrogens is 358 g/mol. The number of ether oxygens (including phenoxy) is 1. The summed E-state index contributed by atoms with van der Waals surface area (Å²) in [4.78, 5) is 24.5. The maximum atomic E-state index is 12.3. The molecule has 2 N–H and O–H groups in total. The number of benzene rings is 1. The third-order valence-corrected chi connectivity index (χ3v) is 5.65. The zero-order chi connectivity index (χ0) is 19.7. The van der Waals surface area contributed by atoms with Crippen LogP contribution >= 0.6 is 0 Å². The van der Waals surface area contributed by atoms with Crippen molar-refractivity contribution >= 4 is 6.03 Å². The number of urea groups is 1. The van der Waals surface area contributed by atoms with E-state index in [0.29, 0.717) is 26.1 Å². The van der Waals surface area contributed by atoms with Gasteiger partial charge in [-0.15, -0.1) is 0 Å². The van der Waals surface area contributed by atoms with E-state index in [2.05, 4.69) is 21.8 Å². The van der Waals surface area contributed by atoms with Gasteiger partial charge in [-0.3, -0.25) is 4.57 Å². The number of rotatable bonds is 5. The highest BCUT2D eigenvalue weighted by molar-refractivity contribution is 5.74. The van der Waals surface area contributed by atoms with Crippen molar-refractivity contribution in [2.45, 2.75) is 58.7 Å². The Kier molecular flexibility index (Phi) is 5.11. The number of hydrogen-bond acceptors (Lipinski definition) is 4. The van der Waals surface area contributed by atoms with Crippen LogP contribution in [0.2, 0.25) is 0 Å². The van der Waals surface area contributed by atoms with Crippen molar-refractivity contribution in [3.63, 3.8) is 0 Å². The molecule has 1 unspecified atom stereocenters. The Labute approximate surface area is 163 Å². The Morgan fingerprint density at radius 2 is 2.18 bits per heavy atom. The Bertz CT molecular complexity index is 946. The molecule has 0 saturated carbocycles. The zero-order valence-corrected chi connectivity index (χ0v) is 16.5. The van der Waals surface area contributed by atoms with Crippen LogP contribution in [0.15, 0.2) is 16.9 Å². The van der Waals surface area contributed by atoms with Crippen LogP contribution in [0.5, 0.6) is 5.75 Å². The normalized spacial score (nSPS) is 17.6. The van der Waals surface area contributed by atoms with E-state index in [-0.39, 0.29) is 17.8 Å². The van der Waals surface area contributed by atoms with Crippen LogP contribution in [0.4, 0.5) is 4.79 Å². The van der Waals surface area contributed by atoms with Gasteiger partial charge in [0, 0.05) is 31.6 Å². The van der Waals surface area contributed by atoms with Crippen molar-refractivity contribution in [2.75, 3.05) is 13.2 Å². The summed E-state index contributed by atoms with van der Waals surface area (Å²) in [6, 6.07) is 3.70. The number of fused-ring (bicyclic) bond motifs is 2. The lowest BCUT2D eigenvalue weighted by Crippen LogP contribution is -2.39. The van der Waals surface area contributed by atoms with E-state index >= 15 is 0 Å². The average molecular weight is 385 g/mol. The molecule has 8 nitrogen and oxygen atoms in total. The third kappa shape index (κ3) is 3.50. The van der Waals surface area contributed by atoms with Gasteiger partial charge in [0.15, 0.2) is 0 Å². The fraction of sp³-hybridized carbons (Fsp3) is 0.550. The Morgan fingerprint density at radius 1 is 1.32 bits per heavy atom. The molecule has 28 heavy (non-hydrogen) atoms. The number of aromatic nitrogens is 3. The predicted molar refractivity (Wildman–Crippen MR) is 105 cm³/mol. The molecule has 0 saturated heterocycles. The molecule has 0 radical (unpaired) electrons. The molecule has 1 aromatic carbocycles. The van der Waals surface area contributed by atoms with E-state index in [1.54, 1.807) is 4.57 Å². The summed E-state index contributed by atoms with van der Waals surface area (Å²) in [5.41, 5.74) is 3.29. The largest absolute Gasteiger partial charge is 0.490 e. The molecular formula is C20H27N5O3. The molecule has 0 fully saturated rings. The molecule has 0 bridgehead atoms. The maximum absolute atomic E-state index is 12.3. The lowest BCUT2D eigenvalue weighted by atomic mass is 10.0. The zero-order valence-electron chi connectivity index (χ0n) is 16.5.